The molecule has 0 atom stereocenters. The third-order valence-corrected chi connectivity index (χ3v) is 7.04. The average molecular weight is 591 g/mol. The summed E-state index contributed by atoms with van der Waals surface area (Å²) >= 11 is 1.26. The molecule has 0 radical (unpaired) electrons. The van der Waals surface area contributed by atoms with Crippen LogP contribution >= 0.6 is 11.8 Å². The van der Waals surface area contributed by atoms with Crippen LogP contribution in [0.3, 0.4) is 0 Å². The van der Waals surface area contributed by atoms with Crippen LogP contribution in [0.2, 0.25) is 0 Å². The summed E-state index contributed by atoms with van der Waals surface area (Å²) in [5.41, 5.74) is 2.19. The molecular formula is C32H26N6O4S. The van der Waals surface area contributed by atoms with E-state index in [0.717, 1.165) is 4.90 Å². The number of amides is 4. The van der Waals surface area contributed by atoms with Gasteiger partial charge in [-0.2, -0.15) is 10.1 Å². The molecule has 0 unspecified atom stereocenters. The van der Waals surface area contributed by atoms with Crippen LogP contribution in [-0.2, 0) is 14.4 Å². The highest BCUT2D eigenvalue weighted by atomic mass is 32.2. The Kier molecular flexibility index (Phi) is 9.35. The number of amidine groups is 1. The number of nitrogens with one attached hydrogen (secondary N) is 3. The van der Waals surface area contributed by atoms with Crippen molar-refractivity contribution in [3.8, 4) is 0 Å². The second kappa shape index (κ2) is 13.9. The number of anilines is 2. The van der Waals surface area contributed by atoms with Gasteiger partial charge in [-0.25, -0.2) is 0 Å². The van der Waals surface area contributed by atoms with Crippen molar-refractivity contribution >= 4 is 58.7 Å². The van der Waals surface area contributed by atoms with E-state index in [1.54, 1.807) is 103 Å². The Morgan fingerprint density at radius 2 is 1.65 bits per heavy atom. The van der Waals surface area contributed by atoms with E-state index in [2.05, 4.69) is 26.0 Å². The average Bonchev–Trinajstić information content (AvgIpc) is 3.40. The lowest BCUT2D eigenvalue weighted by molar-refractivity contribution is -0.117. The molecule has 1 aromatic heterocycles. The van der Waals surface area contributed by atoms with E-state index in [9.17, 15) is 19.2 Å². The molecule has 0 bridgehead atoms. The van der Waals surface area contributed by atoms with Gasteiger partial charge in [0, 0.05) is 28.5 Å². The molecular weight excluding hydrogens is 564 g/mol. The molecule has 1 aliphatic rings. The summed E-state index contributed by atoms with van der Waals surface area (Å²) in [5.74, 6) is -1.15. The van der Waals surface area contributed by atoms with E-state index in [1.807, 2.05) is 12.1 Å². The van der Waals surface area contributed by atoms with Crippen molar-refractivity contribution < 1.29 is 19.2 Å². The number of carbonyl (C=O) groups is 4. The SMILES string of the molecule is O=C(CSc1cccc(NC(=O)/C(=C/c2cccnc2)NC(=O)c2ccccc2)c1)NC1=NN(c2ccccc2)C(=O)C1. The van der Waals surface area contributed by atoms with Crippen molar-refractivity contribution in [1.29, 1.82) is 0 Å². The standard InChI is InChI=1S/C32H26N6O4S/c39-29(36-28-19-30(40)38(37-28)25-13-5-2-6-14-25)21-43-26-15-7-12-24(18-26)34-32(42)27(17-22-9-8-16-33-20-22)35-31(41)23-10-3-1-4-11-23/h1-18,20H,19,21H2,(H,34,42)(H,35,41)(H,36,37,39)/b27-17-. The third kappa shape index (κ3) is 8.02. The van der Waals surface area contributed by atoms with Crippen molar-refractivity contribution in [1.82, 2.24) is 15.6 Å². The van der Waals surface area contributed by atoms with Gasteiger partial charge >= 0.3 is 0 Å². The van der Waals surface area contributed by atoms with Gasteiger partial charge in [-0.3, -0.25) is 24.2 Å². The number of hydrazone groups is 1. The Labute approximate surface area is 251 Å². The number of thioether (sulfide) groups is 1. The summed E-state index contributed by atoms with van der Waals surface area (Å²) in [6.45, 7) is 0. The molecule has 43 heavy (non-hydrogen) atoms. The van der Waals surface area contributed by atoms with E-state index < -0.39 is 11.8 Å². The number of carbonyl (C=O) groups excluding carboxylic acids is 4. The predicted molar refractivity (Wildman–Crippen MR) is 166 cm³/mol. The summed E-state index contributed by atoms with van der Waals surface area (Å²) in [5, 5.41) is 13.7. The van der Waals surface area contributed by atoms with Gasteiger partial charge in [-0.15, -0.1) is 11.8 Å². The lowest BCUT2D eigenvalue weighted by Gasteiger charge is -2.12. The van der Waals surface area contributed by atoms with Crippen LogP contribution in [0.5, 0.6) is 0 Å². The number of hydrogen-bond donors (Lipinski definition) is 3. The second-order valence-electron chi connectivity index (χ2n) is 9.25. The van der Waals surface area contributed by atoms with E-state index in [4.69, 9.17) is 0 Å². The molecule has 0 aliphatic carbocycles. The first-order chi connectivity index (χ1) is 20.9. The minimum atomic E-state index is -0.528. The van der Waals surface area contributed by atoms with Crippen LogP contribution in [-0.4, -0.2) is 40.2 Å². The zero-order valence-corrected chi connectivity index (χ0v) is 23.6. The molecule has 0 saturated carbocycles. The minimum absolute atomic E-state index is 0.00250. The molecule has 214 valence electrons. The van der Waals surface area contributed by atoms with Gasteiger partial charge in [-0.05, 0) is 60.2 Å². The number of hydrogen-bond acceptors (Lipinski definition) is 7. The molecule has 4 amide bonds. The fraction of sp³-hybridized carbons (Fsp3) is 0.0625. The summed E-state index contributed by atoms with van der Waals surface area (Å²) in [4.78, 5) is 55.8. The topological polar surface area (TPSA) is 133 Å². The van der Waals surface area contributed by atoms with E-state index >= 15 is 0 Å². The van der Waals surface area contributed by atoms with E-state index in [0.29, 0.717) is 22.5 Å². The first-order valence-electron chi connectivity index (χ1n) is 13.2. The van der Waals surface area contributed by atoms with Crippen LogP contribution in [0.15, 0.2) is 125 Å². The summed E-state index contributed by atoms with van der Waals surface area (Å²) in [6.07, 6.45) is 4.74. The summed E-state index contributed by atoms with van der Waals surface area (Å²) in [6, 6.07) is 28.1. The van der Waals surface area contributed by atoms with Gasteiger partial charge in [0.2, 0.25) is 5.91 Å². The smallest absolute Gasteiger partial charge is 0.272 e. The normalized spacial score (nSPS) is 12.8. The highest BCUT2D eigenvalue weighted by Gasteiger charge is 2.26. The van der Waals surface area contributed by atoms with Gasteiger partial charge in [0.1, 0.15) is 11.5 Å². The molecule has 0 fully saturated rings. The Morgan fingerprint density at radius 1 is 0.884 bits per heavy atom. The number of para-hydroxylation sites is 1. The number of aromatic nitrogens is 1. The number of pyridine rings is 1. The second-order valence-corrected chi connectivity index (χ2v) is 10.3. The van der Waals surface area contributed by atoms with Crippen LogP contribution in [0.25, 0.3) is 6.08 Å². The Hall–Kier alpha value is -5.55. The first-order valence-corrected chi connectivity index (χ1v) is 14.2. The maximum absolute atomic E-state index is 13.3. The van der Waals surface area contributed by atoms with Crippen molar-refractivity contribution in [2.75, 3.05) is 16.1 Å². The monoisotopic (exact) mass is 590 g/mol. The molecule has 0 spiro atoms. The number of rotatable bonds is 9. The Morgan fingerprint density at radius 3 is 2.40 bits per heavy atom. The highest BCUT2D eigenvalue weighted by molar-refractivity contribution is 8.00. The maximum Gasteiger partial charge on any atom is 0.272 e. The third-order valence-electron chi connectivity index (χ3n) is 6.05. The fourth-order valence-electron chi connectivity index (χ4n) is 4.05. The van der Waals surface area contributed by atoms with Crippen molar-refractivity contribution in [2.24, 2.45) is 5.10 Å². The van der Waals surface area contributed by atoms with Gasteiger partial charge < -0.3 is 16.0 Å². The predicted octanol–water partition coefficient (Wildman–Crippen LogP) is 4.45. The van der Waals surface area contributed by atoms with Crippen LogP contribution in [0, 0.1) is 0 Å². The number of nitrogens with zero attached hydrogens (tertiary/aromatic N) is 3. The first kappa shape index (κ1) is 29.0. The van der Waals surface area contributed by atoms with Crippen molar-refractivity contribution in [3.05, 3.63) is 126 Å². The zero-order chi connectivity index (χ0) is 30.0. The van der Waals surface area contributed by atoms with Crippen LogP contribution in [0.1, 0.15) is 22.3 Å². The molecule has 5 rings (SSSR count). The molecule has 2 heterocycles. The quantitative estimate of drug-likeness (QED) is 0.195. The lowest BCUT2D eigenvalue weighted by atomic mass is 10.2. The largest absolute Gasteiger partial charge is 0.321 e. The van der Waals surface area contributed by atoms with Crippen molar-refractivity contribution in [3.63, 3.8) is 0 Å². The molecule has 11 heteroatoms. The van der Waals surface area contributed by atoms with Gasteiger partial charge in [-0.1, -0.05) is 48.5 Å². The van der Waals surface area contributed by atoms with E-state index in [1.165, 1.54) is 16.8 Å². The van der Waals surface area contributed by atoms with Crippen LogP contribution < -0.4 is 21.0 Å². The highest BCUT2D eigenvalue weighted by Crippen LogP contribution is 2.23. The zero-order valence-electron chi connectivity index (χ0n) is 22.8. The summed E-state index contributed by atoms with van der Waals surface area (Å²) < 4.78 is 0. The lowest BCUT2D eigenvalue weighted by Crippen LogP contribution is -2.31. The van der Waals surface area contributed by atoms with Gasteiger partial charge in [0.05, 0.1) is 17.9 Å². The number of benzene rings is 3. The molecule has 10 nitrogen and oxygen atoms in total. The fourth-order valence-corrected chi connectivity index (χ4v) is 4.80. The molecule has 4 aromatic rings. The molecule has 3 N–H and O–H groups in total. The Balaban J connectivity index is 1.21. The minimum Gasteiger partial charge on any atom is -0.321 e. The molecule has 1 aliphatic heterocycles. The maximum atomic E-state index is 13.3. The van der Waals surface area contributed by atoms with E-state index in [-0.39, 0.29) is 35.5 Å². The molecule has 0 saturated heterocycles. The van der Waals surface area contributed by atoms with Gasteiger partial charge in [0.15, 0.2) is 0 Å². The van der Waals surface area contributed by atoms with Crippen LogP contribution in [0.4, 0.5) is 11.4 Å². The van der Waals surface area contributed by atoms with Gasteiger partial charge in [0.25, 0.3) is 17.7 Å². The molecule has 3 aromatic carbocycles. The van der Waals surface area contributed by atoms with Crippen molar-refractivity contribution in [2.45, 2.75) is 11.3 Å². The summed E-state index contributed by atoms with van der Waals surface area (Å²) in [7, 11) is 0. The Bertz CT molecular complexity index is 1690.